The van der Waals surface area contributed by atoms with E-state index in [1.165, 1.54) is 38.8 Å². The van der Waals surface area contributed by atoms with Gasteiger partial charge in [0.25, 0.3) is 0 Å². The van der Waals surface area contributed by atoms with Gasteiger partial charge in [0.2, 0.25) is 0 Å². The van der Waals surface area contributed by atoms with Crippen LogP contribution >= 0.6 is 0 Å². The quantitative estimate of drug-likeness (QED) is 0.781. The van der Waals surface area contributed by atoms with Crippen LogP contribution in [-0.4, -0.2) is 36.6 Å². The second kappa shape index (κ2) is 6.38. The number of hydrogen-bond acceptors (Lipinski definition) is 2. The Balaban J connectivity index is 1.96. The fraction of sp³-hybridized carbons (Fsp3) is 1.00. The molecule has 0 aromatic carbocycles. The van der Waals surface area contributed by atoms with Gasteiger partial charge in [-0.1, -0.05) is 27.7 Å². The zero-order valence-electron chi connectivity index (χ0n) is 12.8. The fourth-order valence-electron chi connectivity index (χ4n) is 3.96. The molecule has 2 rings (SSSR count). The SMILES string of the molecule is CCNC1CC(C)CC(C)C1CN(CC)C1CC1. The summed E-state index contributed by atoms with van der Waals surface area (Å²) >= 11 is 0. The van der Waals surface area contributed by atoms with E-state index >= 15 is 0 Å². The summed E-state index contributed by atoms with van der Waals surface area (Å²) < 4.78 is 0. The number of nitrogens with zero attached hydrogens (tertiary/aromatic N) is 1. The molecule has 2 aliphatic rings. The maximum Gasteiger partial charge on any atom is 0.0112 e. The molecule has 0 amide bonds. The summed E-state index contributed by atoms with van der Waals surface area (Å²) in [6.07, 6.45) is 5.69. The van der Waals surface area contributed by atoms with E-state index in [4.69, 9.17) is 0 Å². The van der Waals surface area contributed by atoms with Gasteiger partial charge >= 0.3 is 0 Å². The third kappa shape index (κ3) is 3.48. The lowest BCUT2D eigenvalue weighted by Gasteiger charge is -2.42. The predicted octanol–water partition coefficient (Wildman–Crippen LogP) is 3.13. The zero-order chi connectivity index (χ0) is 13.1. The monoisotopic (exact) mass is 252 g/mol. The van der Waals surface area contributed by atoms with Gasteiger partial charge < -0.3 is 10.2 Å². The van der Waals surface area contributed by atoms with Gasteiger partial charge in [0.1, 0.15) is 0 Å². The molecule has 18 heavy (non-hydrogen) atoms. The highest BCUT2D eigenvalue weighted by molar-refractivity contribution is 4.92. The van der Waals surface area contributed by atoms with Gasteiger partial charge in [-0.2, -0.15) is 0 Å². The normalized spacial score (nSPS) is 37.2. The first-order valence-corrected chi connectivity index (χ1v) is 8.13. The highest BCUT2D eigenvalue weighted by Gasteiger charge is 2.37. The molecule has 1 N–H and O–H groups in total. The molecule has 0 radical (unpaired) electrons. The van der Waals surface area contributed by atoms with Gasteiger partial charge in [0.05, 0.1) is 0 Å². The van der Waals surface area contributed by atoms with Crippen molar-refractivity contribution < 1.29 is 0 Å². The third-order valence-electron chi connectivity index (χ3n) is 5.06. The maximum absolute atomic E-state index is 3.76. The summed E-state index contributed by atoms with van der Waals surface area (Å²) in [6.45, 7) is 13.2. The van der Waals surface area contributed by atoms with Gasteiger partial charge in [-0.05, 0) is 56.5 Å². The van der Waals surface area contributed by atoms with E-state index in [2.05, 4.69) is 37.9 Å². The largest absolute Gasteiger partial charge is 0.314 e. The Kier molecular flexibility index (Phi) is 5.08. The van der Waals surface area contributed by atoms with E-state index in [0.717, 1.165) is 36.4 Å². The van der Waals surface area contributed by atoms with Crippen LogP contribution in [-0.2, 0) is 0 Å². The number of nitrogens with one attached hydrogen (secondary N) is 1. The maximum atomic E-state index is 3.76. The van der Waals surface area contributed by atoms with Gasteiger partial charge in [0.15, 0.2) is 0 Å². The Morgan fingerprint density at radius 3 is 2.39 bits per heavy atom. The number of hydrogen-bond donors (Lipinski definition) is 1. The van der Waals surface area contributed by atoms with Crippen LogP contribution < -0.4 is 5.32 Å². The van der Waals surface area contributed by atoms with Crippen molar-refractivity contribution in [3.63, 3.8) is 0 Å². The molecule has 2 heteroatoms. The van der Waals surface area contributed by atoms with Crippen molar-refractivity contribution in [2.24, 2.45) is 17.8 Å². The van der Waals surface area contributed by atoms with E-state index in [-0.39, 0.29) is 0 Å². The van der Waals surface area contributed by atoms with Crippen molar-refractivity contribution >= 4 is 0 Å². The zero-order valence-corrected chi connectivity index (χ0v) is 12.8. The predicted molar refractivity (Wildman–Crippen MR) is 78.8 cm³/mol. The van der Waals surface area contributed by atoms with Crippen molar-refractivity contribution in [1.82, 2.24) is 10.2 Å². The smallest absolute Gasteiger partial charge is 0.0112 e. The molecule has 0 aromatic rings. The molecule has 2 aliphatic carbocycles. The first-order chi connectivity index (χ1) is 8.65. The first-order valence-electron chi connectivity index (χ1n) is 8.13. The van der Waals surface area contributed by atoms with Crippen molar-refractivity contribution in [3.05, 3.63) is 0 Å². The average molecular weight is 252 g/mol. The Bertz CT molecular complexity index is 249. The van der Waals surface area contributed by atoms with Crippen molar-refractivity contribution in [3.8, 4) is 0 Å². The summed E-state index contributed by atoms with van der Waals surface area (Å²) in [4.78, 5) is 2.74. The first kappa shape index (κ1) is 14.3. The third-order valence-corrected chi connectivity index (χ3v) is 5.06. The van der Waals surface area contributed by atoms with Gasteiger partial charge in [-0.25, -0.2) is 0 Å². The second-order valence-corrected chi connectivity index (χ2v) is 6.70. The highest BCUT2D eigenvalue weighted by Crippen LogP contribution is 2.36. The van der Waals surface area contributed by atoms with Crippen LogP contribution in [0.5, 0.6) is 0 Å². The summed E-state index contributed by atoms with van der Waals surface area (Å²) in [7, 11) is 0. The molecular formula is C16H32N2. The van der Waals surface area contributed by atoms with Crippen LogP contribution in [0, 0.1) is 17.8 Å². The molecule has 2 nitrogen and oxygen atoms in total. The van der Waals surface area contributed by atoms with E-state index < -0.39 is 0 Å². The fourth-order valence-corrected chi connectivity index (χ4v) is 3.96. The molecule has 0 aliphatic heterocycles. The topological polar surface area (TPSA) is 15.3 Å². The van der Waals surface area contributed by atoms with Crippen LogP contribution in [0.15, 0.2) is 0 Å². The lowest BCUT2D eigenvalue weighted by molar-refractivity contribution is 0.101. The van der Waals surface area contributed by atoms with Crippen LogP contribution in [0.3, 0.4) is 0 Å². The Morgan fingerprint density at radius 1 is 1.11 bits per heavy atom. The molecule has 2 fully saturated rings. The molecule has 4 atom stereocenters. The van der Waals surface area contributed by atoms with Crippen LogP contribution in [0.4, 0.5) is 0 Å². The molecule has 106 valence electrons. The molecule has 0 spiro atoms. The van der Waals surface area contributed by atoms with Crippen LogP contribution in [0.25, 0.3) is 0 Å². The summed E-state index contributed by atoms with van der Waals surface area (Å²) in [5.41, 5.74) is 0. The van der Waals surface area contributed by atoms with E-state index in [0.29, 0.717) is 0 Å². The molecule has 0 bridgehead atoms. The minimum atomic E-state index is 0.751. The molecule has 2 saturated carbocycles. The minimum Gasteiger partial charge on any atom is -0.314 e. The highest BCUT2D eigenvalue weighted by atomic mass is 15.2. The Hall–Kier alpha value is -0.0800. The van der Waals surface area contributed by atoms with E-state index in [9.17, 15) is 0 Å². The van der Waals surface area contributed by atoms with Gasteiger partial charge in [-0.15, -0.1) is 0 Å². The molecule has 0 aromatic heterocycles. The molecule has 4 unspecified atom stereocenters. The van der Waals surface area contributed by atoms with Crippen LogP contribution in [0.2, 0.25) is 0 Å². The molecular weight excluding hydrogens is 220 g/mol. The van der Waals surface area contributed by atoms with E-state index in [1.807, 2.05) is 0 Å². The molecule has 0 saturated heterocycles. The lowest BCUT2D eigenvalue weighted by Crippen LogP contribution is -2.49. The number of rotatable bonds is 6. The van der Waals surface area contributed by atoms with Crippen molar-refractivity contribution in [2.45, 2.75) is 65.5 Å². The summed E-state index contributed by atoms with van der Waals surface area (Å²) in [5.74, 6) is 2.64. The molecule has 0 heterocycles. The lowest BCUT2D eigenvalue weighted by atomic mass is 9.72. The van der Waals surface area contributed by atoms with Gasteiger partial charge in [-0.3, -0.25) is 0 Å². The van der Waals surface area contributed by atoms with Crippen LogP contribution in [0.1, 0.15) is 53.4 Å². The summed E-state index contributed by atoms with van der Waals surface area (Å²) in [6, 6.07) is 1.67. The Morgan fingerprint density at radius 2 is 1.83 bits per heavy atom. The average Bonchev–Trinajstić information content (AvgIpc) is 3.13. The van der Waals surface area contributed by atoms with Crippen molar-refractivity contribution in [1.29, 1.82) is 0 Å². The standard InChI is InChI=1S/C16H32N2/c1-5-17-16-10-12(3)9-13(4)15(16)11-18(6-2)14-7-8-14/h12-17H,5-11H2,1-4H3. The van der Waals surface area contributed by atoms with E-state index in [1.54, 1.807) is 0 Å². The van der Waals surface area contributed by atoms with Crippen molar-refractivity contribution in [2.75, 3.05) is 19.6 Å². The summed E-state index contributed by atoms with van der Waals surface area (Å²) in [5, 5.41) is 3.76. The van der Waals surface area contributed by atoms with Gasteiger partial charge in [0, 0.05) is 18.6 Å². The Labute approximate surface area is 114 Å². The minimum absolute atomic E-state index is 0.751. The second-order valence-electron chi connectivity index (χ2n) is 6.70.